The fourth-order valence-corrected chi connectivity index (χ4v) is 4.31. The summed E-state index contributed by atoms with van der Waals surface area (Å²) in [6.45, 7) is 7.22. The normalized spacial score (nSPS) is 12.8. The minimum atomic E-state index is -0.977. The smallest absolute Gasteiger partial charge is 0.331 e. The highest BCUT2D eigenvalue weighted by atomic mass is 16.5. The summed E-state index contributed by atoms with van der Waals surface area (Å²) in [6.07, 6.45) is 0. The molecule has 2 heterocycles. The first kappa shape index (κ1) is 22.0. The third kappa shape index (κ3) is 3.72. The van der Waals surface area contributed by atoms with Crippen LogP contribution in [0.1, 0.15) is 27.7 Å². The average molecular weight is 461 g/mol. The lowest BCUT2D eigenvalue weighted by molar-refractivity contribution is -0.0893. The van der Waals surface area contributed by atoms with Crippen LogP contribution in [0.25, 0.3) is 55.0 Å². The van der Waals surface area contributed by atoms with E-state index < -0.39 is 11.2 Å². The first-order valence-electron chi connectivity index (χ1n) is 11.8. The molecule has 0 saturated heterocycles. The molecule has 0 aliphatic rings. The molecule has 6 aromatic rings. The molecule has 0 amide bonds. The Balaban J connectivity index is 1.35. The van der Waals surface area contributed by atoms with Gasteiger partial charge in [-0.05, 0) is 80.7 Å². The summed E-state index contributed by atoms with van der Waals surface area (Å²) in [5, 5.41) is 14.7. The molecular formula is C30H26BO4. The maximum absolute atomic E-state index is 10.3. The zero-order valence-electron chi connectivity index (χ0n) is 20.3. The monoisotopic (exact) mass is 461 g/mol. The molecule has 4 aromatic carbocycles. The van der Waals surface area contributed by atoms with Gasteiger partial charge in [-0.15, -0.1) is 0 Å². The highest BCUT2D eigenvalue weighted by Gasteiger charge is 2.35. The van der Waals surface area contributed by atoms with Crippen molar-refractivity contribution in [1.29, 1.82) is 0 Å². The molecule has 35 heavy (non-hydrogen) atoms. The molecule has 4 nitrogen and oxygen atoms in total. The molecule has 2 aromatic heterocycles. The van der Waals surface area contributed by atoms with Crippen LogP contribution in [0.2, 0.25) is 0 Å². The predicted molar refractivity (Wildman–Crippen MR) is 143 cm³/mol. The van der Waals surface area contributed by atoms with E-state index >= 15 is 0 Å². The van der Waals surface area contributed by atoms with E-state index in [4.69, 9.17) is 13.5 Å². The van der Waals surface area contributed by atoms with Gasteiger partial charge in [0.25, 0.3) is 0 Å². The molecule has 0 aliphatic carbocycles. The van der Waals surface area contributed by atoms with Gasteiger partial charge in [-0.1, -0.05) is 42.5 Å². The molecule has 0 spiro atoms. The standard InChI is InChI=1S/C30H26BO4/c1-29(2,32)30(3,4)35-31-20-11-13-23-24-15-18(10-14-26(24)34-28(23)17-20)19-9-12-22-21-7-5-6-8-25(21)33-27(22)16-19/h5-17,32H,1-4H3. The minimum absolute atomic E-state index is 0.730. The molecular weight excluding hydrogens is 435 g/mol. The van der Waals surface area contributed by atoms with Crippen LogP contribution >= 0.6 is 0 Å². The van der Waals surface area contributed by atoms with Gasteiger partial charge in [0, 0.05) is 21.5 Å². The molecule has 0 atom stereocenters. The van der Waals surface area contributed by atoms with Crippen molar-refractivity contribution >= 4 is 56.8 Å². The molecule has 0 bridgehead atoms. The molecule has 0 unspecified atom stereocenters. The van der Waals surface area contributed by atoms with Crippen molar-refractivity contribution in [2.45, 2.75) is 38.9 Å². The molecule has 6 rings (SSSR count). The number of aliphatic hydroxyl groups is 1. The zero-order valence-corrected chi connectivity index (χ0v) is 20.3. The summed E-state index contributed by atoms with van der Waals surface area (Å²) in [7, 11) is 1.68. The van der Waals surface area contributed by atoms with E-state index in [1.807, 2.05) is 50.2 Å². The van der Waals surface area contributed by atoms with Crippen LogP contribution in [-0.4, -0.2) is 23.8 Å². The number of fused-ring (bicyclic) bond motifs is 6. The predicted octanol–water partition coefficient (Wildman–Crippen LogP) is 6.96. The van der Waals surface area contributed by atoms with Crippen molar-refractivity contribution in [3.05, 3.63) is 78.9 Å². The SMILES string of the molecule is CC(C)(O)C(C)(C)O[B]c1ccc2c(c1)oc1ccc(-c3ccc4c(c3)oc3ccccc34)cc12. The second-order valence-electron chi connectivity index (χ2n) is 10.2. The third-order valence-corrected chi connectivity index (χ3v) is 7.17. The van der Waals surface area contributed by atoms with Gasteiger partial charge in [0.05, 0.1) is 11.2 Å². The average Bonchev–Trinajstić information content (AvgIpc) is 3.38. The highest BCUT2D eigenvalue weighted by molar-refractivity contribution is 6.47. The fourth-order valence-electron chi connectivity index (χ4n) is 4.31. The first-order valence-corrected chi connectivity index (χ1v) is 11.8. The maximum atomic E-state index is 10.3. The topological polar surface area (TPSA) is 55.7 Å². The minimum Gasteiger partial charge on any atom is -0.456 e. The lowest BCUT2D eigenvalue weighted by Crippen LogP contribution is -2.49. The van der Waals surface area contributed by atoms with Crippen molar-refractivity contribution in [1.82, 2.24) is 0 Å². The van der Waals surface area contributed by atoms with Crippen LogP contribution in [0.5, 0.6) is 0 Å². The maximum Gasteiger partial charge on any atom is 0.331 e. The van der Waals surface area contributed by atoms with Gasteiger partial charge in [-0.2, -0.15) is 0 Å². The van der Waals surface area contributed by atoms with Crippen LogP contribution in [0, 0.1) is 0 Å². The van der Waals surface area contributed by atoms with E-state index in [1.165, 1.54) is 0 Å². The fraction of sp³-hybridized carbons (Fsp3) is 0.200. The van der Waals surface area contributed by atoms with Crippen LogP contribution in [0.4, 0.5) is 0 Å². The Bertz CT molecular complexity index is 1720. The van der Waals surface area contributed by atoms with E-state index in [0.717, 1.165) is 60.5 Å². The molecule has 1 N–H and O–H groups in total. The summed E-state index contributed by atoms with van der Waals surface area (Å²) < 4.78 is 18.1. The molecule has 0 aliphatic heterocycles. The number of hydrogen-bond acceptors (Lipinski definition) is 4. The zero-order chi connectivity index (χ0) is 24.4. The van der Waals surface area contributed by atoms with Crippen LogP contribution in [0.3, 0.4) is 0 Å². The van der Waals surface area contributed by atoms with Crippen molar-refractivity contribution in [2.24, 2.45) is 0 Å². The second-order valence-corrected chi connectivity index (χ2v) is 10.2. The summed E-state index contributed by atoms with van der Waals surface area (Å²) in [5.74, 6) is 0. The Morgan fingerprint density at radius 3 is 2.03 bits per heavy atom. The van der Waals surface area contributed by atoms with Gasteiger partial charge in [0.2, 0.25) is 0 Å². The van der Waals surface area contributed by atoms with Gasteiger partial charge in [-0.3, -0.25) is 0 Å². The highest BCUT2D eigenvalue weighted by Crippen LogP contribution is 2.35. The summed E-state index contributed by atoms with van der Waals surface area (Å²) >= 11 is 0. The van der Waals surface area contributed by atoms with E-state index in [-0.39, 0.29) is 0 Å². The number of rotatable bonds is 5. The number of benzene rings is 4. The Kier molecular flexibility index (Phi) is 4.86. The molecule has 173 valence electrons. The van der Waals surface area contributed by atoms with E-state index in [2.05, 4.69) is 42.5 Å². The molecule has 5 heteroatoms. The number of hydrogen-bond donors (Lipinski definition) is 1. The molecule has 0 saturated carbocycles. The van der Waals surface area contributed by atoms with Crippen molar-refractivity contribution in [2.75, 3.05) is 0 Å². The number of para-hydroxylation sites is 1. The Labute approximate surface area is 204 Å². The van der Waals surface area contributed by atoms with Gasteiger partial charge in [-0.25, -0.2) is 0 Å². The molecule has 1 radical (unpaired) electrons. The van der Waals surface area contributed by atoms with E-state index in [0.29, 0.717) is 0 Å². The van der Waals surface area contributed by atoms with Crippen molar-refractivity contribution in [3.63, 3.8) is 0 Å². The summed E-state index contributed by atoms with van der Waals surface area (Å²) in [6, 6.07) is 26.8. The Morgan fingerprint density at radius 1 is 0.629 bits per heavy atom. The van der Waals surface area contributed by atoms with Gasteiger partial charge in [0.15, 0.2) is 0 Å². The van der Waals surface area contributed by atoms with E-state index in [9.17, 15) is 5.11 Å². The van der Waals surface area contributed by atoms with Crippen LogP contribution in [-0.2, 0) is 4.65 Å². The van der Waals surface area contributed by atoms with Crippen LogP contribution in [0.15, 0.2) is 87.7 Å². The van der Waals surface area contributed by atoms with Gasteiger partial charge in [0.1, 0.15) is 22.3 Å². The number of furan rings is 2. The lowest BCUT2D eigenvalue weighted by Gasteiger charge is -2.37. The lowest BCUT2D eigenvalue weighted by atomic mass is 9.82. The van der Waals surface area contributed by atoms with Crippen molar-refractivity contribution in [3.8, 4) is 11.1 Å². The summed E-state index contributed by atoms with van der Waals surface area (Å²) in [5.41, 5.74) is 4.79. The quantitative estimate of drug-likeness (QED) is 0.282. The Morgan fingerprint density at radius 2 is 1.23 bits per heavy atom. The molecule has 0 fully saturated rings. The van der Waals surface area contributed by atoms with Gasteiger partial charge < -0.3 is 18.6 Å². The van der Waals surface area contributed by atoms with Crippen molar-refractivity contribution < 1.29 is 18.6 Å². The third-order valence-electron chi connectivity index (χ3n) is 7.17. The van der Waals surface area contributed by atoms with E-state index in [1.54, 1.807) is 21.3 Å². The second kappa shape index (κ2) is 7.74. The summed E-state index contributed by atoms with van der Waals surface area (Å²) in [4.78, 5) is 0. The van der Waals surface area contributed by atoms with Crippen LogP contribution < -0.4 is 5.46 Å². The largest absolute Gasteiger partial charge is 0.456 e. The van der Waals surface area contributed by atoms with Gasteiger partial charge >= 0.3 is 7.48 Å². The first-order chi connectivity index (χ1) is 16.7. The Hall–Kier alpha value is -3.54.